The van der Waals surface area contributed by atoms with Crippen LogP contribution in [0.2, 0.25) is 0 Å². The summed E-state index contributed by atoms with van der Waals surface area (Å²) in [5.74, 6) is 0.699. The van der Waals surface area contributed by atoms with Crippen LogP contribution in [0, 0.1) is 11.8 Å². The highest BCUT2D eigenvalue weighted by Gasteiger charge is 2.34. The van der Waals surface area contributed by atoms with Crippen molar-refractivity contribution in [3.63, 3.8) is 0 Å². The Balaban J connectivity index is 2.27. The average molecular weight is 281 g/mol. The van der Waals surface area contributed by atoms with Gasteiger partial charge < -0.3 is 0 Å². The maximum atomic E-state index is 12.4. The summed E-state index contributed by atoms with van der Waals surface area (Å²) in [5, 5.41) is 0. The summed E-state index contributed by atoms with van der Waals surface area (Å²) in [4.78, 5) is 11.5. The Morgan fingerprint density at radius 3 is 2.00 bits per heavy atom. The zero-order valence-corrected chi connectivity index (χ0v) is 12.3. The fraction of sp³-hybridized carbons (Fsp3) is 0.500. The predicted molar refractivity (Wildman–Crippen MR) is 73.5 cm³/mol. The molecule has 0 aromatic heterocycles. The lowest BCUT2D eigenvalue weighted by atomic mass is 10.0. The second-order valence-electron chi connectivity index (χ2n) is 5.36. The lowest BCUT2D eigenvalue weighted by Crippen LogP contribution is -2.29. The minimum Gasteiger partial charge on any atom is -0.295 e. The van der Waals surface area contributed by atoms with E-state index in [0.29, 0.717) is 30.5 Å². The van der Waals surface area contributed by atoms with Gasteiger partial charge in [-0.3, -0.25) is 4.79 Å². The number of rotatable bonds is 3. The number of hydrogen-bond acceptors (Lipinski definition) is 3. The van der Waals surface area contributed by atoms with E-state index in [1.807, 2.05) is 0 Å². The molecular weight excluding hydrogens is 262 g/mol. The first kappa shape index (κ1) is 14.2. The van der Waals surface area contributed by atoms with Gasteiger partial charge in [0.25, 0.3) is 0 Å². The van der Waals surface area contributed by atoms with Gasteiger partial charge in [-0.15, -0.1) is 0 Å². The molecule has 0 aliphatic carbocycles. The van der Waals surface area contributed by atoms with Gasteiger partial charge in [-0.2, -0.15) is 4.31 Å². The highest BCUT2D eigenvalue weighted by Crippen LogP contribution is 2.28. The third-order valence-corrected chi connectivity index (χ3v) is 5.70. The minimum absolute atomic E-state index is 0.0626. The van der Waals surface area contributed by atoms with Crippen molar-refractivity contribution < 1.29 is 13.2 Å². The van der Waals surface area contributed by atoms with Crippen molar-refractivity contribution >= 4 is 15.8 Å². The number of carbonyl (C=O) groups excluding carboxylic acids is 1. The van der Waals surface area contributed by atoms with Crippen molar-refractivity contribution in [3.8, 4) is 0 Å². The van der Waals surface area contributed by atoms with Gasteiger partial charge >= 0.3 is 0 Å². The number of hydrogen-bond donors (Lipinski definition) is 0. The molecule has 1 aromatic rings. The minimum atomic E-state index is -3.42. The molecule has 5 heteroatoms. The third-order valence-electron chi connectivity index (χ3n) is 3.85. The lowest BCUT2D eigenvalue weighted by molar-refractivity contribution is 0.101. The summed E-state index contributed by atoms with van der Waals surface area (Å²) in [6.07, 6.45) is 0. The number of Topliss-reactive ketones (excluding diaryl/α,β-unsaturated/α-hetero) is 1. The molecule has 1 heterocycles. The molecule has 0 amide bonds. The highest BCUT2D eigenvalue weighted by molar-refractivity contribution is 7.89. The van der Waals surface area contributed by atoms with Crippen LogP contribution in [0.4, 0.5) is 0 Å². The molecule has 4 nitrogen and oxygen atoms in total. The Bertz CT molecular complexity index is 567. The number of ketones is 1. The molecule has 0 radical (unpaired) electrons. The predicted octanol–water partition coefficient (Wildman–Crippen LogP) is 2.17. The highest BCUT2D eigenvalue weighted by atomic mass is 32.2. The summed E-state index contributed by atoms with van der Waals surface area (Å²) in [5.41, 5.74) is 0.530. The summed E-state index contributed by atoms with van der Waals surface area (Å²) in [6.45, 7) is 6.74. The van der Waals surface area contributed by atoms with E-state index in [9.17, 15) is 13.2 Å². The average Bonchev–Trinajstić information content (AvgIpc) is 2.70. The van der Waals surface area contributed by atoms with Crippen molar-refractivity contribution in [3.05, 3.63) is 29.8 Å². The number of nitrogens with zero attached hydrogens (tertiary/aromatic N) is 1. The van der Waals surface area contributed by atoms with Gasteiger partial charge in [-0.05, 0) is 30.9 Å². The van der Waals surface area contributed by atoms with E-state index in [-0.39, 0.29) is 10.7 Å². The van der Waals surface area contributed by atoms with Crippen molar-refractivity contribution in [1.82, 2.24) is 4.31 Å². The monoisotopic (exact) mass is 281 g/mol. The quantitative estimate of drug-likeness (QED) is 0.798. The van der Waals surface area contributed by atoms with Gasteiger partial charge in [0.05, 0.1) is 4.90 Å². The van der Waals surface area contributed by atoms with Crippen LogP contribution in [0.3, 0.4) is 0 Å². The molecule has 2 atom stereocenters. The maximum absolute atomic E-state index is 12.4. The van der Waals surface area contributed by atoms with E-state index >= 15 is 0 Å². The van der Waals surface area contributed by atoms with E-state index in [1.165, 1.54) is 23.4 Å². The van der Waals surface area contributed by atoms with Crippen LogP contribution in [-0.2, 0) is 10.0 Å². The summed E-state index contributed by atoms with van der Waals surface area (Å²) in [6, 6.07) is 6.16. The van der Waals surface area contributed by atoms with Gasteiger partial charge in [0.15, 0.2) is 5.78 Å². The molecule has 0 bridgehead atoms. The third kappa shape index (κ3) is 2.72. The molecule has 2 unspecified atom stereocenters. The molecule has 2 rings (SSSR count). The molecule has 0 saturated carbocycles. The molecule has 1 aliphatic rings. The molecule has 19 heavy (non-hydrogen) atoms. The topological polar surface area (TPSA) is 54.5 Å². The molecular formula is C14H19NO3S. The number of sulfonamides is 1. The van der Waals surface area contributed by atoms with Crippen molar-refractivity contribution in [2.75, 3.05) is 13.1 Å². The molecule has 0 N–H and O–H groups in total. The van der Waals surface area contributed by atoms with Gasteiger partial charge in [0, 0.05) is 18.7 Å². The number of carbonyl (C=O) groups is 1. The van der Waals surface area contributed by atoms with Crippen LogP contribution < -0.4 is 0 Å². The zero-order valence-electron chi connectivity index (χ0n) is 11.5. The Morgan fingerprint density at radius 1 is 1.11 bits per heavy atom. The first-order valence-corrected chi connectivity index (χ1v) is 7.87. The van der Waals surface area contributed by atoms with Crippen LogP contribution in [0.5, 0.6) is 0 Å². The fourth-order valence-electron chi connectivity index (χ4n) is 2.28. The van der Waals surface area contributed by atoms with Gasteiger partial charge in [-0.25, -0.2) is 8.42 Å². The van der Waals surface area contributed by atoms with Crippen LogP contribution in [0.15, 0.2) is 29.2 Å². The van der Waals surface area contributed by atoms with E-state index in [2.05, 4.69) is 13.8 Å². The van der Waals surface area contributed by atoms with Crippen LogP contribution in [0.1, 0.15) is 31.1 Å². The van der Waals surface area contributed by atoms with Gasteiger partial charge in [-0.1, -0.05) is 26.0 Å². The van der Waals surface area contributed by atoms with Crippen LogP contribution in [0.25, 0.3) is 0 Å². The Hall–Kier alpha value is -1.20. The van der Waals surface area contributed by atoms with E-state index < -0.39 is 10.0 Å². The molecule has 0 spiro atoms. The Labute approximate surface area is 114 Å². The Morgan fingerprint density at radius 2 is 1.58 bits per heavy atom. The largest absolute Gasteiger partial charge is 0.295 e. The van der Waals surface area contributed by atoms with E-state index in [4.69, 9.17) is 0 Å². The second kappa shape index (κ2) is 5.06. The maximum Gasteiger partial charge on any atom is 0.243 e. The second-order valence-corrected chi connectivity index (χ2v) is 7.30. The molecule has 1 aromatic carbocycles. The van der Waals surface area contributed by atoms with Crippen molar-refractivity contribution in [2.24, 2.45) is 11.8 Å². The zero-order chi connectivity index (χ0) is 14.2. The SMILES string of the molecule is CC(=O)c1ccc(S(=O)(=O)N2CC(C)C(C)C2)cc1. The summed E-state index contributed by atoms with van der Waals surface area (Å²) < 4.78 is 26.4. The van der Waals surface area contributed by atoms with Gasteiger partial charge in [0.2, 0.25) is 10.0 Å². The van der Waals surface area contributed by atoms with Gasteiger partial charge in [0.1, 0.15) is 0 Å². The number of benzene rings is 1. The van der Waals surface area contributed by atoms with Crippen LogP contribution in [-0.4, -0.2) is 31.6 Å². The van der Waals surface area contributed by atoms with E-state index in [0.717, 1.165) is 0 Å². The van der Waals surface area contributed by atoms with Crippen molar-refractivity contribution in [1.29, 1.82) is 0 Å². The Kier molecular flexibility index (Phi) is 3.78. The smallest absolute Gasteiger partial charge is 0.243 e. The molecule has 1 fully saturated rings. The molecule has 1 saturated heterocycles. The summed E-state index contributed by atoms with van der Waals surface area (Å²) >= 11 is 0. The van der Waals surface area contributed by atoms with Crippen molar-refractivity contribution in [2.45, 2.75) is 25.7 Å². The standard InChI is InChI=1S/C14H19NO3S/c1-10-8-15(9-11(10)2)19(17,18)14-6-4-13(5-7-14)12(3)16/h4-7,10-11H,8-9H2,1-3H3. The summed E-state index contributed by atoms with van der Waals surface area (Å²) in [7, 11) is -3.42. The van der Waals surface area contributed by atoms with E-state index in [1.54, 1.807) is 12.1 Å². The first-order valence-electron chi connectivity index (χ1n) is 6.43. The molecule has 1 aliphatic heterocycles. The molecule has 104 valence electrons. The first-order chi connectivity index (χ1) is 8.82. The fourth-order valence-corrected chi connectivity index (χ4v) is 3.92. The normalized spacial score (nSPS) is 24.6. The van der Waals surface area contributed by atoms with Crippen LogP contribution >= 0.6 is 0 Å². The lowest BCUT2D eigenvalue weighted by Gasteiger charge is -2.16.